The minimum Gasteiger partial charge on any atom is -0.321 e. The third-order valence-corrected chi connectivity index (χ3v) is 5.58. The molecule has 2 atom stereocenters. The summed E-state index contributed by atoms with van der Waals surface area (Å²) >= 11 is 0. The summed E-state index contributed by atoms with van der Waals surface area (Å²) in [7, 11) is -5.79. The monoisotopic (exact) mass is 344 g/mol. The molecule has 0 aliphatic carbocycles. The molecule has 0 amide bonds. The summed E-state index contributed by atoms with van der Waals surface area (Å²) in [6.45, 7) is 0. The quantitative estimate of drug-likeness (QED) is 0.892. The van der Waals surface area contributed by atoms with Crippen molar-refractivity contribution in [2.45, 2.75) is 16.4 Å². The van der Waals surface area contributed by atoms with Crippen molar-refractivity contribution in [1.82, 2.24) is 0 Å². The van der Waals surface area contributed by atoms with Crippen molar-refractivity contribution in [1.29, 1.82) is 0 Å². The molecule has 8 heteroatoms. The Balaban J connectivity index is 2.72. The molecule has 0 aromatic heterocycles. The average Bonchev–Trinajstić information content (AvgIpc) is 2.53. The Bertz CT molecular complexity index is 764. The normalized spacial score (nSPS) is 16.6. The minimum absolute atomic E-state index is 0.187. The largest absolute Gasteiger partial charge is 0.499 e. The van der Waals surface area contributed by atoms with E-state index in [1.165, 1.54) is 42.5 Å². The Morgan fingerprint density at radius 1 is 0.870 bits per heavy atom. The molecule has 2 aromatic rings. The third kappa shape index (κ3) is 2.85. The highest BCUT2D eigenvalue weighted by molar-refractivity contribution is 7.93. The van der Waals surface area contributed by atoms with Gasteiger partial charge in [-0.3, -0.25) is 0 Å². The van der Waals surface area contributed by atoms with Crippen LogP contribution in [-0.4, -0.2) is 13.9 Å². The molecular formula is C15H15F3N2O2S. The maximum atomic E-state index is 13.2. The van der Waals surface area contributed by atoms with E-state index < -0.39 is 26.3 Å². The lowest BCUT2D eigenvalue weighted by molar-refractivity contribution is -0.0465. The van der Waals surface area contributed by atoms with Gasteiger partial charge in [0, 0.05) is 0 Å². The topological polar surface area (TPSA) is 86.2 Å². The smallest absolute Gasteiger partial charge is 0.321 e. The number of benzene rings is 2. The number of alkyl halides is 3. The van der Waals surface area contributed by atoms with Crippen molar-refractivity contribution in [2.24, 2.45) is 11.5 Å². The molecule has 0 aliphatic heterocycles. The van der Waals surface area contributed by atoms with Crippen LogP contribution in [0.3, 0.4) is 0 Å². The summed E-state index contributed by atoms with van der Waals surface area (Å²) < 4.78 is 63.8. The zero-order valence-electron chi connectivity index (χ0n) is 11.9. The SMILES string of the molecule is NC(c1ccccc1)C(N)(c1ccccc1)S(=O)(=O)C(F)(F)F. The van der Waals surface area contributed by atoms with E-state index in [-0.39, 0.29) is 11.1 Å². The van der Waals surface area contributed by atoms with Crippen molar-refractivity contribution in [2.75, 3.05) is 0 Å². The summed E-state index contributed by atoms with van der Waals surface area (Å²) in [5.74, 6) is 0. The van der Waals surface area contributed by atoms with Crippen LogP contribution in [0.1, 0.15) is 17.2 Å². The molecule has 0 spiro atoms. The standard InChI is InChI=1S/C15H15F3N2O2S/c16-15(17,18)23(21,22)14(20,12-9-5-2-6-10-12)13(19)11-7-3-1-4-8-11/h1-10,13H,19-20H2. The molecule has 0 fully saturated rings. The van der Waals surface area contributed by atoms with Gasteiger partial charge in [-0.1, -0.05) is 60.7 Å². The molecule has 4 nitrogen and oxygen atoms in total. The van der Waals surface area contributed by atoms with E-state index in [1.54, 1.807) is 18.2 Å². The fourth-order valence-electron chi connectivity index (χ4n) is 2.30. The van der Waals surface area contributed by atoms with Gasteiger partial charge in [0.15, 0.2) is 4.87 Å². The van der Waals surface area contributed by atoms with E-state index in [1.807, 2.05) is 0 Å². The number of hydrogen-bond acceptors (Lipinski definition) is 4. The van der Waals surface area contributed by atoms with Crippen LogP contribution in [-0.2, 0) is 14.7 Å². The lowest BCUT2D eigenvalue weighted by Crippen LogP contribution is -2.57. The van der Waals surface area contributed by atoms with Crippen LogP contribution in [0.15, 0.2) is 60.7 Å². The number of halogens is 3. The summed E-state index contributed by atoms with van der Waals surface area (Å²) in [5.41, 5.74) is 6.13. The van der Waals surface area contributed by atoms with Crippen LogP contribution in [0.4, 0.5) is 13.2 Å². The van der Waals surface area contributed by atoms with Crippen LogP contribution in [0.5, 0.6) is 0 Å². The first kappa shape index (κ1) is 17.5. The Labute approximate surface area is 131 Å². The van der Waals surface area contributed by atoms with Gasteiger partial charge in [-0.25, -0.2) is 8.42 Å². The zero-order chi connectivity index (χ0) is 17.3. The molecule has 0 aliphatic rings. The average molecular weight is 344 g/mol. The Hall–Kier alpha value is -1.90. The first-order valence-electron chi connectivity index (χ1n) is 6.58. The van der Waals surface area contributed by atoms with Gasteiger partial charge >= 0.3 is 5.51 Å². The van der Waals surface area contributed by atoms with Crippen LogP contribution in [0.2, 0.25) is 0 Å². The van der Waals surface area contributed by atoms with Crippen LogP contribution in [0, 0.1) is 0 Å². The van der Waals surface area contributed by atoms with Gasteiger partial charge in [-0.2, -0.15) is 13.2 Å². The first-order valence-corrected chi connectivity index (χ1v) is 8.06. The van der Waals surface area contributed by atoms with E-state index >= 15 is 0 Å². The van der Waals surface area contributed by atoms with Crippen molar-refractivity contribution in [3.63, 3.8) is 0 Å². The Kier molecular flexibility index (Phi) is 4.52. The summed E-state index contributed by atoms with van der Waals surface area (Å²) in [6, 6.07) is 12.8. The van der Waals surface area contributed by atoms with Gasteiger partial charge in [0.1, 0.15) is 0 Å². The molecule has 0 saturated heterocycles. The Morgan fingerprint density at radius 3 is 1.74 bits per heavy atom. The molecule has 0 heterocycles. The number of hydrogen-bond donors (Lipinski definition) is 2. The molecule has 124 valence electrons. The van der Waals surface area contributed by atoms with Crippen molar-refractivity contribution in [3.05, 3.63) is 71.8 Å². The van der Waals surface area contributed by atoms with Gasteiger partial charge in [-0.15, -0.1) is 0 Å². The predicted octanol–water partition coefficient (Wildman–Crippen LogP) is 2.43. The second-order valence-corrected chi connectivity index (χ2v) is 7.14. The number of nitrogens with two attached hydrogens (primary N) is 2. The van der Waals surface area contributed by atoms with Crippen LogP contribution >= 0.6 is 0 Å². The zero-order valence-corrected chi connectivity index (χ0v) is 12.7. The van der Waals surface area contributed by atoms with E-state index in [9.17, 15) is 21.6 Å². The van der Waals surface area contributed by atoms with Gasteiger partial charge < -0.3 is 11.5 Å². The molecule has 0 saturated carbocycles. The number of rotatable bonds is 4. The summed E-state index contributed by atoms with van der Waals surface area (Å²) in [4.78, 5) is -2.84. The second-order valence-electron chi connectivity index (χ2n) is 5.00. The highest BCUT2D eigenvalue weighted by Crippen LogP contribution is 2.43. The molecule has 0 bridgehead atoms. The number of sulfone groups is 1. The Morgan fingerprint density at radius 2 is 1.30 bits per heavy atom. The maximum Gasteiger partial charge on any atom is 0.499 e. The van der Waals surface area contributed by atoms with Gasteiger partial charge in [0.25, 0.3) is 9.84 Å². The van der Waals surface area contributed by atoms with Gasteiger partial charge in [-0.05, 0) is 11.1 Å². The van der Waals surface area contributed by atoms with Crippen molar-refractivity contribution in [3.8, 4) is 0 Å². The van der Waals surface area contributed by atoms with Gasteiger partial charge in [0.2, 0.25) is 0 Å². The van der Waals surface area contributed by atoms with Crippen LogP contribution in [0.25, 0.3) is 0 Å². The third-order valence-electron chi connectivity index (χ3n) is 3.60. The maximum absolute atomic E-state index is 13.2. The highest BCUT2D eigenvalue weighted by Gasteiger charge is 2.61. The first-order chi connectivity index (χ1) is 10.6. The van der Waals surface area contributed by atoms with E-state index in [4.69, 9.17) is 11.5 Å². The van der Waals surface area contributed by atoms with Crippen LogP contribution < -0.4 is 11.5 Å². The molecule has 0 radical (unpaired) electrons. The van der Waals surface area contributed by atoms with E-state index in [2.05, 4.69) is 0 Å². The predicted molar refractivity (Wildman–Crippen MR) is 80.7 cm³/mol. The van der Waals surface area contributed by atoms with Crippen molar-refractivity contribution < 1.29 is 21.6 Å². The fourth-order valence-corrected chi connectivity index (χ4v) is 3.60. The minimum atomic E-state index is -5.79. The summed E-state index contributed by atoms with van der Waals surface area (Å²) in [6.07, 6.45) is 0. The molecule has 2 unspecified atom stereocenters. The molecule has 2 rings (SSSR count). The lowest BCUT2D eigenvalue weighted by Gasteiger charge is -2.35. The molecule has 4 N–H and O–H groups in total. The molecular weight excluding hydrogens is 329 g/mol. The van der Waals surface area contributed by atoms with E-state index in [0.29, 0.717) is 0 Å². The van der Waals surface area contributed by atoms with E-state index in [0.717, 1.165) is 0 Å². The van der Waals surface area contributed by atoms with Gasteiger partial charge in [0.05, 0.1) is 6.04 Å². The highest BCUT2D eigenvalue weighted by atomic mass is 32.2. The lowest BCUT2D eigenvalue weighted by atomic mass is 9.94. The molecule has 2 aromatic carbocycles. The summed E-state index contributed by atoms with van der Waals surface area (Å²) in [5, 5.41) is 0. The van der Waals surface area contributed by atoms with Crippen molar-refractivity contribution >= 4 is 9.84 Å². The second kappa shape index (κ2) is 5.95. The molecule has 23 heavy (non-hydrogen) atoms. The fraction of sp³-hybridized carbons (Fsp3) is 0.200.